The lowest BCUT2D eigenvalue weighted by molar-refractivity contribution is 0.555. The summed E-state index contributed by atoms with van der Waals surface area (Å²) >= 11 is 7.49. The van der Waals surface area contributed by atoms with Gasteiger partial charge in [-0.05, 0) is 37.3 Å². The molecule has 0 heterocycles. The highest BCUT2D eigenvalue weighted by atomic mass is 35.5. The van der Waals surface area contributed by atoms with Crippen LogP contribution in [-0.4, -0.2) is 26.0 Å². The summed E-state index contributed by atoms with van der Waals surface area (Å²) in [5, 5.41) is 0.766. The molecule has 1 aliphatic carbocycles. The number of benzene rings is 1. The van der Waals surface area contributed by atoms with Gasteiger partial charge in [0.1, 0.15) is 4.90 Å². The summed E-state index contributed by atoms with van der Waals surface area (Å²) in [4.78, 5) is 0.101. The van der Waals surface area contributed by atoms with Crippen LogP contribution in [0.4, 0.5) is 5.69 Å². The van der Waals surface area contributed by atoms with Gasteiger partial charge in [-0.15, -0.1) is 0 Å². The van der Waals surface area contributed by atoms with E-state index in [1.165, 1.54) is 18.2 Å². The number of thioether (sulfide) groups is 1. The third kappa shape index (κ3) is 3.37. The molecule has 1 aromatic rings. The normalized spacial score (nSPS) is 23.7. The number of sulfonamides is 1. The first-order valence-corrected chi connectivity index (χ1v) is 9.19. The number of halogens is 1. The largest absolute Gasteiger partial charge is 0.398 e. The van der Waals surface area contributed by atoms with Gasteiger partial charge >= 0.3 is 0 Å². The highest BCUT2D eigenvalue weighted by molar-refractivity contribution is 7.99. The number of nitrogens with two attached hydrogens (primary N) is 1. The minimum absolute atomic E-state index is 0.0184. The maximum Gasteiger partial charge on any atom is 0.242 e. The molecule has 1 saturated carbocycles. The molecule has 0 amide bonds. The van der Waals surface area contributed by atoms with Crippen LogP contribution in [0.2, 0.25) is 5.02 Å². The fraction of sp³-hybridized carbons (Fsp3) is 0.500. The summed E-state index contributed by atoms with van der Waals surface area (Å²) in [7, 11) is -3.58. The van der Waals surface area contributed by atoms with Gasteiger partial charge in [0.15, 0.2) is 0 Å². The van der Waals surface area contributed by atoms with E-state index >= 15 is 0 Å². The van der Waals surface area contributed by atoms with E-state index in [1.54, 1.807) is 11.8 Å². The van der Waals surface area contributed by atoms with Gasteiger partial charge in [0.05, 0.1) is 5.69 Å². The summed E-state index contributed by atoms with van der Waals surface area (Å²) in [5.74, 6) is 0. The van der Waals surface area contributed by atoms with Crippen LogP contribution in [0.3, 0.4) is 0 Å². The minimum atomic E-state index is -3.58. The highest BCUT2D eigenvalue weighted by Gasteiger charge is 2.31. The van der Waals surface area contributed by atoms with E-state index in [1.807, 2.05) is 6.26 Å². The molecule has 106 valence electrons. The zero-order chi connectivity index (χ0) is 14.0. The van der Waals surface area contributed by atoms with Crippen molar-refractivity contribution < 1.29 is 8.42 Å². The number of rotatable bonds is 4. The van der Waals surface area contributed by atoms with Gasteiger partial charge in [-0.2, -0.15) is 11.8 Å². The van der Waals surface area contributed by atoms with Crippen LogP contribution in [0.5, 0.6) is 0 Å². The van der Waals surface area contributed by atoms with Crippen LogP contribution >= 0.6 is 23.4 Å². The molecule has 2 unspecified atom stereocenters. The first-order valence-electron chi connectivity index (χ1n) is 6.04. The lowest BCUT2D eigenvalue weighted by Gasteiger charge is -2.19. The van der Waals surface area contributed by atoms with E-state index in [2.05, 4.69) is 4.72 Å². The van der Waals surface area contributed by atoms with Crippen molar-refractivity contribution in [2.45, 2.75) is 35.4 Å². The zero-order valence-corrected chi connectivity index (χ0v) is 13.0. The minimum Gasteiger partial charge on any atom is -0.398 e. The number of nitrogens with one attached hydrogen (secondary N) is 1. The van der Waals surface area contributed by atoms with Gasteiger partial charge in [-0.25, -0.2) is 13.1 Å². The molecule has 19 heavy (non-hydrogen) atoms. The molecule has 0 aliphatic heterocycles. The molecule has 0 radical (unpaired) electrons. The fourth-order valence-electron chi connectivity index (χ4n) is 2.37. The van der Waals surface area contributed by atoms with Crippen molar-refractivity contribution in [1.29, 1.82) is 0 Å². The number of hydrogen-bond donors (Lipinski definition) is 2. The van der Waals surface area contributed by atoms with Gasteiger partial charge in [0.2, 0.25) is 10.0 Å². The third-order valence-electron chi connectivity index (χ3n) is 3.32. The Morgan fingerprint density at radius 3 is 2.79 bits per heavy atom. The lowest BCUT2D eigenvalue weighted by Crippen LogP contribution is -2.38. The number of anilines is 1. The van der Waals surface area contributed by atoms with E-state index in [4.69, 9.17) is 17.3 Å². The predicted molar refractivity (Wildman–Crippen MR) is 81.1 cm³/mol. The van der Waals surface area contributed by atoms with Crippen LogP contribution in [-0.2, 0) is 10.0 Å². The summed E-state index contributed by atoms with van der Waals surface area (Å²) < 4.78 is 27.4. The Balaban J connectivity index is 2.23. The molecule has 2 rings (SSSR count). The molecule has 3 N–H and O–H groups in total. The molecule has 2 atom stereocenters. The molecule has 0 saturated heterocycles. The SMILES string of the molecule is CSC1CCCC1NS(=O)(=O)c1ccc(Cl)cc1N. The van der Waals surface area contributed by atoms with Gasteiger partial charge < -0.3 is 5.73 Å². The number of nitrogen functional groups attached to an aromatic ring is 1. The van der Waals surface area contributed by atoms with Crippen molar-refractivity contribution in [3.05, 3.63) is 23.2 Å². The zero-order valence-electron chi connectivity index (χ0n) is 10.6. The van der Waals surface area contributed by atoms with E-state index in [-0.39, 0.29) is 16.6 Å². The third-order valence-corrected chi connectivity index (χ3v) is 6.29. The van der Waals surface area contributed by atoms with Crippen molar-refractivity contribution in [3.8, 4) is 0 Å². The summed E-state index contributed by atoms with van der Waals surface area (Å²) in [6.07, 6.45) is 4.98. The van der Waals surface area contributed by atoms with Gasteiger partial charge in [0, 0.05) is 16.3 Å². The smallest absolute Gasteiger partial charge is 0.242 e. The van der Waals surface area contributed by atoms with Crippen LogP contribution < -0.4 is 10.5 Å². The molecule has 1 fully saturated rings. The molecule has 1 aromatic carbocycles. The molecule has 0 aromatic heterocycles. The number of hydrogen-bond acceptors (Lipinski definition) is 4. The van der Waals surface area contributed by atoms with Gasteiger partial charge in [-0.1, -0.05) is 18.0 Å². The topological polar surface area (TPSA) is 72.2 Å². The first-order chi connectivity index (χ1) is 8.94. The van der Waals surface area contributed by atoms with Crippen LogP contribution in [0.1, 0.15) is 19.3 Å². The van der Waals surface area contributed by atoms with Crippen molar-refractivity contribution in [3.63, 3.8) is 0 Å². The van der Waals surface area contributed by atoms with Crippen molar-refractivity contribution in [1.82, 2.24) is 4.72 Å². The second-order valence-electron chi connectivity index (χ2n) is 4.61. The van der Waals surface area contributed by atoms with Crippen LogP contribution in [0, 0.1) is 0 Å². The predicted octanol–water partition coefficient (Wildman–Crippen LogP) is 2.48. The van der Waals surface area contributed by atoms with E-state index in [0.717, 1.165) is 19.3 Å². The Morgan fingerprint density at radius 2 is 2.16 bits per heavy atom. The Labute approximate surface area is 123 Å². The second kappa shape index (κ2) is 5.91. The fourth-order valence-corrected chi connectivity index (χ4v) is 5.00. The summed E-state index contributed by atoms with van der Waals surface area (Å²) in [5.41, 5.74) is 5.92. The molecule has 7 heteroatoms. The molecule has 0 bridgehead atoms. The van der Waals surface area contributed by atoms with Crippen molar-refractivity contribution in [2.75, 3.05) is 12.0 Å². The van der Waals surface area contributed by atoms with Crippen molar-refractivity contribution >= 4 is 39.1 Å². The average molecular weight is 321 g/mol. The monoisotopic (exact) mass is 320 g/mol. The standard InChI is InChI=1S/C12H17ClN2O2S2/c1-18-11-4-2-3-10(11)15-19(16,17)12-6-5-8(13)7-9(12)14/h5-7,10-11,15H,2-4,14H2,1H3. The van der Waals surface area contributed by atoms with Gasteiger partial charge in [-0.3, -0.25) is 0 Å². The molecule has 4 nitrogen and oxygen atoms in total. The Hall–Kier alpha value is -0.430. The van der Waals surface area contributed by atoms with E-state index in [0.29, 0.717) is 10.3 Å². The lowest BCUT2D eigenvalue weighted by atomic mass is 10.3. The second-order valence-corrected chi connectivity index (χ2v) is 7.81. The quantitative estimate of drug-likeness (QED) is 0.836. The summed E-state index contributed by atoms with van der Waals surface area (Å²) in [6.45, 7) is 0. The van der Waals surface area contributed by atoms with E-state index in [9.17, 15) is 8.42 Å². The van der Waals surface area contributed by atoms with Gasteiger partial charge in [0.25, 0.3) is 0 Å². The molecule has 1 aliphatic rings. The maximum atomic E-state index is 12.3. The Bertz CT molecular complexity index is 563. The van der Waals surface area contributed by atoms with E-state index < -0.39 is 10.0 Å². The average Bonchev–Trinajstić information content (AvgIpc) is 2.74. The molecular weight excluding hydrogens is 304 g/mol. The first kappa shape index (κ1) is 15.0. The van der Waals surface area contributed by atoms with Crippen molar-refractivity contribution in [2.24, 2.45) is 0 Å². The van der Waals surface area contributed by atoms with Crippen LogP contribution in [0.15, 0.2) is 23.1 Å². The maximum absolute atomic E-state index is 12.3. The molecule has 0 spiro atoms. The Morgan fingerprint density at radius 1 is 1.42 bits per heavy atom. The van der Waals surface area contributed by atoms with Crippen LogP contribution in [0.25, 0.3) is 0 Å². The highest BCUT2D eigenvalue weighted by Crippen LogP contribution is 2.30. The Kier molecular flexibility index (Phi) is 4.66. The molecular formula is C12H17ClN2O2S2. The summed E-state index contributed by atoms with van der Waals surface area (Å²) in [6, 6.07) is 4.42.